The van der Waals surface area contributed by atoms with Gasteiger partial charge in [-0.1, -0.05) is 11.3 Å². The number of hydrogen-bond acceptors (Lipinski definition) is 6. The summed E-state index contributed by atoms with van der Waals surface area (Å²) in [6.07, 6.45) is -0.658. The number of aromatic nitrogens is 1. The lowest BCUT2D eigenvalue weighted by molar-refractivity contribution is 0.141. The van der Waals surface area contributed by atoms with Crippen LogP contribution in [0.3, 0.4) is 0 Å². The van der Waals surface area contributed by atoms with Crippen LogP contribution >= 0.6 is 11.3 Å². The van der Waals surface area contributed by atoms with Crippen molar-refractivity contribution in [3.05, 3.63) is 35.8 Å². The van der Waals surface area contributed by atoms with Gasteiger partial charge >= 0.3 is 6.03 Å². The molecule has 0 saturated carbocycles. The van der Waals surface area contributed by atoms with Gasteiger partial charge in [-0.05, 0) is 38.1 Å². The molecular weight excluding hydrogens is 347 g/mol. The number of carbonyl (C=O) groups is 1. The lowest BCUT2D eigenvalue weighted by atomic mass is 10.3. The molecule has 0 aliphatic heterocycles. The van der Waals surface area contributed by atoms with Crippen molar-refractivity contribution in [2.24, 2.45) is 0 Å². The molecule has 0 saturated heterocycles. The summed E-state index contributed by atoms with van der Waals surface area (Å²) in [6.45, 7) is 3.96. The Labute approximate surface area is 148 Å². The minimum Gasteiger partial charge on any atom is -0.443 e. The van der Waals surface area contributed by atoms with Crippen LogP contribution < -0.4 is 10.1 Å². The molecule has 7 nitrogen and oxygen atoms in total. The van der Waals surface area contributed by atoms with Crippen LogP contribution in [0.2, 0.25) is 0 Å². The molecule has 2 amide bonds. The van der Waals surface area contributed by atoms with Gasteiger partial charge < -0.3 is 14.7 Å². The molecule has 9 heteroatoms. The number of aliphatic hydroxyl groups excluding tert-OH is 1. The van der Waals surface area contributed by atoms with Crippen LogP contribution in [0.4, 0.5) is 14.3 Å². The van der Waals surface area contributed by atoms with Gasteiger partial charge in [-0.25, -0.2) is 14.2 Å². The molecule has 0 aliphatic carbocycles. The van der Waals surface area contributed by atoms with E-state index in [1.165, 1.54) is 29.2 Å². The number of ether oxygens (including phenoxy) is 1. The van der Waals surface area contributed by atoms with E-state index in [2.05, 4.69) is 10.3 Å². The number of urea groups is 1. The van der Waals surface area contributed by atoms with Gasteiger partial charge in [-0.3, -0.25) is 5.32 Å². The molecule has 132 valence electrons. The molecule has 1 aromatic carbocycles. The number of nitrogens with zero attached hydrogens (tertiary/aromatic N) is 3. The van der Waals surface area contributed by atoms with Gasteiger partial charge in [0.25, 0.3) is 0 Å². The Morgan fingerprint density at radius 3 is 2.76 bits per heavy atom. The molecule has 2 rings (SSSR count). The number of rotatable bonds is 6. The average molecular weight is 364 g/mol. The maximum Gasteiger partial charge on any atom is 0.323 e. The maximum absolute atomic E-state index is 12.9. The smallest absolute Gasteiger partial charge is 0.323 e. The average Bonchev–Trinajstić information content (AvgIpc) is 2.95. The van der Waals surface area contributed by atoms with Crippen molar-refractivity contribution >= 4 is 22.5 Å². The summed E-state index contributed by atoms with van der Waals surface area (Å²) in [5.74, 6) is -0.0494. The highest BCUT2D eigenvalue weighted by Crippen LogP contribution is 2.34. The highest BCUT2D eigenvalue weighted by molar-refractivity contribution is 7.17. The summed E-state index contributed by atoms with van der Waals surface area (Å²) >= 11 is 0.988. The van der Waals surface area contributed by atoms with E-state index < -0.39 is 18.0 Å². The first-order chi connectivity index (χ1) is 11.9. The molecule has 1 atom stereocenters. The first-order valence-corrected chi connectivity index (χ1v) is 8.33. The van der Waals surface area contributed by atoms with E-state index in [1.54, 1.807) is 13.8 Å². The van der Waals surface area contributed by atoms with Gasteiger partial charge in [0.15, 0.2) is 10.8 Å². The number of carbonyl (C=O) groups excluding carboxylic acids is 1. The number of aliphatic hydroxyl groups is 1. The first-order valence-electron chi connectivity index (χ1n) is 7.51. The Balaban J connectivity index is 2.12. The molecule has 0 aliphatic rings. The normalized spacial score (nSPS) is 11.5. The predicted octanol–water partition coefficient (Wildman–Crippen LogP) is 3.18. The monoisotopic (exact) mass is 364 g/mol. The van der Waals surface area contributed by atoms with Crippen LogP contribution in [0.1, 0.15) is 19.5 Å². The van der Waals surface area contributed by atoms with Crippen molar-refractivity contribution in [2.45, 2.75) is 20.0 Å². The molecular formula is C16H17FN4O3S. The lowest BCUT2D eigenvalue weighted by Crippen LogP contribution is -2.39. The Kier molecular flexibility index (Phi) is 6.27. The van der Waals surface area contributed by atoms with Crippen molar-refractivity contribution in [1.29, 1.82) is 5.26 Å². The van der Waals surface area contributed by atoms with Crippen LogP contribution in [0.5, 0.6) is 10.8 Å². The minimum absolute atomic E-state index is 0.0169. The van der Waals surface area contributed by atoms with Crippen LogP contribution in [0, 0.1) is 17.1 Å². The van der Waals surface area contributed by atoms with Crippen molar-refractivity contribution in [3.63, 3.8) is 0 Å². The number of amides is 2. The molecule has 0 unspecified atom stereocenters. The SMILES string of the molecule is CCN(C[C@H](C)O)C(=O)Nc1nc(C#N)c(Oc2ccc(F)cc2)s1. The Bertz CT molecular complexity index is 771. The van der Waals surface area contributed by atoms with Crippen molar-refractivity contribution in [3.8, 4) is 16.9 Å². The number of nitriles is 1. The van der Waals surface area contributed by atoms with E-state index in [-0.39, 0.29) is 22.4 Å². The second-order valence-corrected chi connectivity index (χ2v) is 6.10. The van der Waals surface area contributed by atoms with E-state index in [0.717, 1.165) is 11.3 Å². The molecule has 1 aromatic heterocycles. The van der Waals surface area contributed by atoms with Crippen LogP contribution in [0.15, 0.2) is 24.3 Å². The summed E-state index contributed by atoms with van der Waals surface area (Å²) in [5.41, 5.74) is 0.0169. The summed E-state index contributed by atoms with van der Waals surface area (Å²) in [5, 5.41) is 21.5. The molecule has 2 N–H and O–H groups in total. The third-order valence-electron chi connectivity index (χ3n) is 3.09. The zero-order valence-corrected chi connectivity index (χ0v) is 14.5. The molecule has 0 spiro atoms. The quantitative estimate of drug-likeness (QED) is 0.820. The topological polar surface area (TPSA) is 98.5 Å². The highest BCUT2D eigenvalue weighted by atomic mass is 32.1. The number of thiazole rings is 1. The Morgan fingerprint density at radius 1 is 1.52 bits per heavy atom. The molecule has 1 heterocycles. The fourth-order valence-corrected chi connectivity index (χ4v) is 2.73. The van der Waals surface area contributed by atoms with Gasteiger partial charge in [0.2, 0.25) is 5.06 Å². The second-order valence-electron chi connectivity index (χ2n) is 5.14. The van der Waals surface area contributed by atoms with E-state index in [9.17, 15) is 14.3 Å². The summed E-state index contributed by atoms with van der Waals surface area (Å²) in [6, 6.07) is 6.78. The van der Waals surface area contributed by atoms with Gasteiger partial charge in [-0.2, -0.15) is 5.26 Å². The Hall–Kier alpha value is -2.70. The molecule has 2 aromatic rings. The summed E-state index contributed by atoms with van der Waals surface area (Å²) < 4.78 is 18.5. The minimum atomic E-state index is -0.658. The third kappa shape index (κ3) is 5.14. The zero-order valence-electron chi connectivity index (χ0n) is 13.7. The summed E-state index contributed by atoms with van der Waals surface area (Å²) in [4.78, 5) is 17.6. The van der Waals surface area contributed by atoms with Gasteiger partial charge in [-0.15, -0.1) is 0 Å². The number of benzene rings is 1. The van der Waals surface area contributed by atoms with Crippen LogP contribution in [-0.4, -0.2) is 40.2 Å². The van der Waals surface area contributed by atoms with Crippen LogP contribution in [0.25, 0.3) is 0 Å². The van der Waals surface area contributed by atoms with E-state index >= 15 is 0 Å². The number of halogens is 1. The zero-order chi connectivity index (χ0) is 18.4. The largest absolute Gasteiger partial charge is 0.443 e. The van der Waals surface area contributed by atoms with Crippen molar-refractivity contribution in [1.82, 2.24) is 9.88 Å². The summed E-state index contributed by atoms with van der Waals surface area (Å²) in [7, 11) is 0. The van der Waals surface area contributed by atoms with E-state index in [0.29, 0.717) is 12.3 Å². The lowest BCUT2D eigenvalue weighted by Gasteiger charge is -2.21. The fraction of sp³-hybridized carbons (Fsp3) is 0.312. The van der Waals surface area contributed by atoms with Gasteiger partial charge in [0, 0.05) is 13.1 Å². The molecule has 0 radical (unpaired) electrons. The van der Waals surface area contributed by atoms with Crippen molar-refractivity contribution < 1.29 is 19.0 Å². The third-order valence-corrected chi connectivity index (χ3v) is 3.94. The highest BCUT2D eigenvalue weighted by Gasteiger charge is 2.18. The van der Waals surface area contributed by atoms with Crippen LogP contribution in [-0.2, 0) is 0 Å². The number of anilines is 1. The standard InChI is InChI=1S/C16H17FN4O3S/c1-3-21(9-10(2)22)16(23)20-15-19-13(8-18)14(25-15)24-12-6-4-11(17)5-7-12/h4-7,10,22H,3,9H2,1-2H3,(H,19,20,23)/t10-/m0/s1. The first kappa shape index (κ1) is 18.6. The number of nitrogens with one attached hydrogen (secondary N) is 1. The predicted molar refractivity (Wildman–Crippen MR) is 91.2 cm³/mol. The Morgan fingerprint density at radius 2 is 2.20 bits per heavy atom. The van der Waals surface area contributed by atoms with Gasteiger partial charge in [0.05, 0.1) is 6.10 Å². The molecule has 25 heavy (non-hydrogen) atoms. The number of hydrogen-bond donors (Lipinski definition) is 2. The van der Waals surface area contributed by atoms with E-state index in [1.807, 2.05) is 6.07 Å². The fourth-order valence-electron chi connectivity index (χ4n) is 1.95. The maximum atomic E-state index is 12.9. The van der Waals surface area contributed by atoms with Crippen molar-refractivity contribution in [2.75, 3.05) is 18.4 Å². The second kappa shape index (κ2) is 8.41. The molecule has 0 fully saturated rings. The molecule has 0 bridgehead atoms. The number of likely N-dealkylation sites (N-methyl/N-ethyl adjacent to an activating group) is 1. The van der Waals surface area contributed by atoms with E-state index in [4.69, 9.17) is 10.00 Å². The van der Waals surface area contributed by atoms with Gasteiger partial charge in [0.1, 0.15) is 17.6 Å².